The van der Waals surface area contributed by atoms with E-state index >= 15 is 0 Å². The van der Waals surface area contributed by atoms with Gasteiger partial charge in [0, 0.05) is 6.54 Å². The highest BCUT2D eigenvalue weighted by Gasteiger charge is 2.03. The summed E-state index contributed by atoms with van der Waals surface area (Å²) in [7, 11) is 0. The van der Waals surface area contributed by atoms with E-state index < -0.39 is 6.43 Å². The van der Waals surface area contributed by atoms with Crippen molar-refractivity contribution >= 4 is 5.97 Å². The number of carbonyl (C=O) groups excluding carboxylic acids is 1. The molecule has 1 N–H and O–H groups in total. The molecule has 0 saturated heterocycles. The van der Waals surface area contributed by atoms with Gasteiger partial charge < -0.3 is 10.1 Å². The van der Waals surface area contributed by atoms with E-state index in [1.165, 1.54) is 0 Å². The molecule has 0 atom stereocenters. The van der Waals surface area contributed by atoms with Crippen molar-refractivity contribution in [2.24, 2.45) is 0 Å². The fraction of sp³-hybridized carbons (Fsp3) is 0.857. The number of alkyl halides is 2. The molecule has 72 valence electrons. The Kier molecular flexibility index (Phi) is 6.55. The Morgan fingerprint density at radius 3 is 2.75 bits per heavy atom. The van der Waals surface area contributed by atoms with Crippen molar-refractivity contribution in [3.05, 3.63) is 0 Å². The molecule has 0 unspecified atom stereocenters. The summed E-state index contributed by atoms with van der Waals surface area (Å²) in [4.78, 5) is 10.6. The smallest absolute Gasteiger partial charge is 0.307 e. The molecule has 0 aliphatic heterocycles. The largest absolute Gasteiger partial charge is 0.466 e. The summed E-state index contributed by atoms with van der Waals surface area (Å²) in [5.74, 6) is -0.362. The van der Waals surface area contributed by atoms with E-state index in [1.54, 1.807) is 6.92 Å². The molecule has 0 aromatic carbocycles. The zero-order chi connectivity index (χ0) is 9.40. The van der Waals surface area contributed by atoms with Gasteiger partial charge in [-0.05, 0) is 6.92 Å². The molecule has 0 heterocycles. The first-order valence-electron chi connectivity index (χ1n) is 3.81. The van der Waals surface area contributed by atoms with E-state index in [0.29, 0.717) is 6.61 Å². The molecule has 5 heteroatoms. The molecule has 0 aromatic rings. The molecular formula is C7H13F2NO2. The maximum Gasteiger partial charge on any atom is 0.307 e. The van der Waals surface area contributed by atoms with Crippen molar-refractivity contribution < 1.29 is 18.3 Å². The second kappa shape index (κ2) is 6.97. The molecule has 0 amide bonds. The fourth-order valence-corrected chi connectivity index (χ4v) is 0.635. The Morgan fingerprint density at radius 1 is 1.58 bits per heavy atom. The third-order valence-corrected chi connectivity index (χ3v) is 1.11. The molecule has 0 rings (SSSR count). The van der Waals surface area contributed by atoms with Crippen LogP contribution in [0.15, 0.2) is 0 Å². The van der Waals surface area contributed by atoms with Gasteiger partial charge in [0.15, 0.2) is 0 Å². The fourth-order valence-electron chi connectivity index (χ4n) is 0.635. The minimum Gasteiger partial charge on any atom is -0.466 e. The lowest BCUT2D eigenvalue weighted by molar-refractivity contribution is -0.143. The Morgan fingerprint density at radius 2 is 2.25 bits per heavy atom. The summed E-state index contributed by atoms with van der Waals surface area (Å²) in [6.07, 6.45) is -2.23. The average molecular weight is 181 g/mol. The first kappa shape index (κ1) is 11.3. The van der Waals surface area contributed by atoms with Crippen molar-refractivity contribution in [2.45, 2.75) is 19.8 Å². The van der Waals surface area contributed by atoms with Crippen LogP contribution in [0.2, 0.25) is 0 Å². The van der Waals surface area contributed by atoms with Crippen molar-refractivity contribution in [1.29, 1.82) is 0 Å². The maximum absolute atomic E-state index is 11.5. The summed E-state index contributed by atoms with van der Waals surface area (Å²) in [6, 6.07) is 0. The first-order chi connectivity index (χ1) is 5.66. The second-order valence-corrected chi connectivity index (χ2v) is 2.15. The Balaban J connectivity index is 3.14. The Labute approximate surface area is 70.1 Å². The third kappa shape index (κ3) is 7.40. The highest BCUT2D eigenvalue weighted by molar-refractivity contribution is 5.69. The molecule has 12 heavy (non-hydrogen) atoms. The summed E-state index contributed by atoms with van der Waals surface area (Å²) < 4.78 is 27.6. The van der Waals surface area contributed by atoms with Gasteiger partial charge in [0.2, 0.25) is 0 Å². The SMILES string of the molecule is CCOC(=O)CCNCC(F)F. The molecule has 0 radical (unpaired) electrons. The third-order valence-electron chi connectivity index (χ3n) is 1.11. The number of hydrogen-bond donors (Lipinski definition) is 1. The molecule has 0 bridgehead atoms. The van der Waals surface area contributed by atoms with Crippen molar-refractivity contribution in [3.8, 4) is 0 Å². The monoisotopic (exact) mass is 181 g/mol. The highest BCUT2D eigenvalue weighted by Crippen LogP contribution is 1.89. The number of halogens is 2. The van der Waals surface area contributed by atoms with E-state index in [9.17, 15) is 13.6 Å². The lowest BCUT2D eigenvalue weighted by Gasteiger charge is -2.03. The number of hydrogen-bond acceptors (Lipinski definition) is 3. The van der Waals surface area contributed by atoms with Crippen LogP contribution in [0, 0.1) is 0 Å². The minimum absolute atomic E-state index is 0.139. The van der Waals surface area contributed by atoms with Crippen LogP contribution in [-0.4, -0.2) is 32.1 Å². The summed E-state index contributed by atoms with van der Waals surface area (Å²) in [5, 5.41) is 2.42. The number of ether oxygens (including phenoxy) is 1. The Bertz CT molecular complexity index is 131. The van der Waals surface area contributed by atoms with Gasteiger partial charge in [0.25, 0.3) is 6.43 Å². The lowest BCUT2D eigenvalue weighted by atomic mass is 10.4. The average Bonchev–Trinajstić information content (AvgIpc) is 1.98. The maximum atomic E-state index is 11.5. The molecule has 0 aliphatic carbocycles. The number of nitrogens with one attached hydrogen (secondary N) is 1. The number of carbonyl (C=O) groups is 1. The van der Waals surface area contributed by atoms with Gasteiger partial charge in [-0.15, -0.1) is 0 Å². The van der Waals surface area contributed by atoms with Crippen LogP contribution in [0.25, 0.3) is 0 Å². The van der Waals surface area contributed by atoms with E-state index in [4.69, 9.17) is 0 Å². The van der Waals surface area contributed by atoms with Gasteiger partial charge in [-0.3, -0.25) is 4.79 Å². The van der Waals surface area contributed by atoms with Crippen molar-refractivity contribution in [3.63, 3.8) is 0 Å². The van der Waals surface area contributed by atoms with Gasteiger partial charge in [-0.1, -0.05) is 0 Å². The van der Waals surface area contributed by atoms with Crippen LogP contribution in [0.3, 0.4) is 0 Å². The predicted molar refractivity (Wildman–Crippen MR) is 40.1 cm³/mol. The van der Waals surface area contributed by atoms with Crippen molar-refractivity contribution in [2.75, 3.05) is 19.7 Å². The minimum atomic E-state index is -2.37. The van der Waals surface area contributed by atoms with E-state index in [2.05, 4.69) is 10.1 Å². The lowest BCUT2D eigenvalue weighted by Crippen LogP contribution is -2.24. The molecular weight excluding hydrogens is 168 g/mol. The zero-order valence-electron chi connectivity index (χ0n) is 6.98. The molecule has 3 nitrogen and oxygen atoms in total. The molecule has 0 spiro atoms. The predicted octanol–water partition coefficient (Wildman–Crippen LogP) is 0.794. The molecule has 0 aliphatic rings. The van der Waals surface area contributed by atoms with Crippen LogP contribution in [0.5, 0.6) is 0 Å². The van der Waals surface area contributed by atoms with Crippen LogP contribution in [-0.2, 0) is 9.53 Å². The van der Waals surface area contributed by atoms with Crippen molar-refractivity contribution in [1.82, 2.24) is 5.32 Å². The first-order valence-corrected chi connectivity index (χ1v) is 3.81. The van der Waals surface area contributed by atoms with Crippen LogP contribution < -0.4 is 5.32 Å². The van der Waals surface area contributed by atoms with E-state index in [1.807, 2.05) is 0 Å². The quantitative estimate of drug-likeness (QED) is 0.486. The van der Waals surface area contributed by atoms with Gasteiger partial charge in [0.1, 0.15) is 0 Å². The van der Waals surface area contributed by atoms with Gasteiger partial charge in [0.05, 0.1) is 19.6 Å². The topological polar surface area (TPSA) is 38.3 Å². The van der Waals surface area contributed by atoms with E-state index in [0.717, 1.165) is 0 Å². The van der Waals surface area contributed by atoms with E-state index in [-0.39, 0.29) is 25.5 Å². The number of esters is 1. The van der Waals surface area contributed by atoms with Crippen LogP contribution in [0.4, 0.5) is 8.78 Å². The standard InChI is InChI=1S/C7H13F2NO2/c1-2-12-7(11)3-4-10-5-6(8)9/h6,10H,2-5H2,1H3. The number of rotatable bonds is 6. The molecule has 0 fully saturated rings. The molecule has 0 saturated carbocycles. The van der Waals surface area contributed by atoms with Crippen LogP contribution >= 0.6 is 0 Å². The summed E-state index contributed by atoms with van der Waals surface area (Å²) >= 11 is 0. The zero-order valence-corrected chi connectivity index (χ0v) is 6.98. The van der Waals surface area contributed by atoms with Crippen LogP contribution in [0.1, 0.15) is 13.3 Å². The summed E-state index contributed by atoms with van der Waals surface area (Å²) in [6.45, 7) is 1.89. The second-order valence-electron chi connectivity index (χ2n) is 2.15. The molecule has 0 aromatic heterocycles. The van der Waals surface area contributed by atoms with Gasteiger partial charge in [-0.2, -0.15) is 0 Å². The normalized spacial score (nSPS) is 10.3. The van der Waals surface area contributed by atoms with Gasteiger partial charge in [-0.25, -0.2) is 8.78 Å². The summed E-state index contributed by atoms with van der Waals surface area (Å²) in [5.41, 5.74) is 0. The Hall–Kier alpha value is -0.710. The highest BCUT2D eigenvalue weighted by atomic mass is 19.3. The van der Waals surface area contributed by atoms with Gasteiger partial charge >= 0.3 is 5.97 Å².